The fourth-order valence-corrected chi connectivity index (χ4v) is 1.62. The van der Waals surface area contributed by atoms with Crippen LogP contribution in [0.5, 0.6) is 0 Å². The fourth-order valence-electron chi connectivity index (χ4n) is 1.62. The van der Waals surface area contributed by atoms with E-state index in [1.165, 1.54) is 0 Å². The molecular weight excluding hydrogens is 240 g/mol. The minimum atomic E-state index is -0.600. The molecule has 0 aliphatic heterocycles. The van der Waals surface area contributed by atoms with E-state index >= 15 is 0 Å². The maximum atomic E-state index is 12.3. The molecule has 1 aromatic carbocycles. The van der Waals surface area contributed by atoms with Crippen LogP contribution in [0.4, 0.5) is 5.69 Å². The molecule has 0 unspecified atom stereocenters. The summed E-state index contributed by atoms with van der Waals surface area (Å²) in [6.07, 6.45) is 0. The van der Waals surface area contributed by atoms with Gasteiger partial charge in [0.25, 0.3) is 0 Å². The smallest absolute Gasteiger partial charge is 0.230 e. The fraction of sp³-hybridized carbons (Fsp3) is 0.533. The first-order chi connectivity index (χ1) is 8.69. The van der Waals surface area contributed by atoms with Crippen LogP contribution in [0.2, 0.25) is 0 Å². The van der Waals surface area contributed by atoms with Gasteiger partial charge < -0.3 is 15.8 Å². The predicted molar refractivity (Wildman–Crippen MR) is 78.0 cm³/mol. The average Bonchev–Trinajstić information content (AvgIpc) is 2.36. The van der Waals surface area contributed by atoms with Gasteiger partial charge in [0.05, 0.1) is 11.0 Å². The first kappa shape index (κ1) is 15.5. The summed E-state index contributed by atoms with van der Waals surface area (Å²) < 4.78 is 5.29. The largest absolute Gasteiger partial charge is 0.399 e. The molecule has 0 atom stereocenters. The number of methoxy groups -OCH3 is 1. The van der Waals surface area contributed by atoms with E-state index in [0.717, 1.165) is 5.56 Å². The van der Waals surface area contributed by atoms with Gasteiger partial charge in [-0.15, -0.1) is 0 Å². The van der Waals surface area contributed by atoms with Crippen molar-refractivity contribution in [2.75, 3.05) is 19.4 Å². The summed E-state index contributed by atoms with van der Waals surface area (Å²) in [5.41, 5.74) is 6.33. The van der Waals surface area contributed by atoms with Crippen molar-refractivity contribution in [2.24, 2.45) is 0 Å². The van der Waals surface area contributed by atoms with Gasteiger partial charge in [-0.25, -0.2) is 0 Å². The van der Waals surface area contributed by atoms with Gasteiger partial charge in [0.2, 0.25) is 5.91 Å². The van der Waals surface area contributed by atoms with Crippen molar-refractivity contribution in [3.05, 3.63) is 29.8 Å². The van der Waals surface area contributed by atoms with Gasteiger partial charge in [-0.05, 0) is 45.4 Å². The third kappa shape index (κ3) is 3.96. The SMILES string of the molecule is COC(C)(C)CNC(=O)C(C)(C)c1ccc(N)cc1. The standard InChI is InChI=1S/C15H24N2O2/c1-14(2,19-5)10-17-13(18)15(3,4)11-6-8-12(16)9-7-11/h6-9H,10,16H2,1-5H3,(H,17,18). The molecule has 3 N–H and O–H groups in total. The monoisotopic (exact) mass is 264 g/mol. The number of carbonyl (C=O) groups is 1. The Labute approximate surface area is 115 Å². The highest BCUT2D eigenvalue weighted by molar-refractivity contribution is 5.87. The summed E-state index contributed by atoms with van der Waals surface area (Å²) in [5.74, 6) is -0.0256. The Kier molecular flexibility index (Phi) is 4.58. The molecule has 4 nitrogen and oxygen atoms in total. The highest BCUT2D eigenvalue weighted by atomic mass is 16.5. The third-order valence-corrected chi connectivity index (χ3v) is 3.43. The molecule has 0 radical (unpaired) electrons. The maximum absolute atomic E-state index is 12.3. The maximum Gasteiger partial charge on any atom is 0.230 e. The molecule has 0 bridgehead atoms. The lowest BCUT2D eigenvalue weighted by Gasteiger charge is -2.28. The van der Waals surface area contributed by atoms with E-state index in [4.69, 9.17) is 10.5 Å². The number of rotatable bonds is 5. The Hall–Kier alpha value is -1.55. The highest BCUT2D eigenvalue weighted by Crippen LogP contribution is 2.24. The summed E-state index contributed by atoms with van der Waals surface area (Å²) >= 11 is 0. The molecule has 0 aliphatic rings. The van der Waals surface area contributed by atoms with Crippen molar-refractivity contribution in [3.63, 3.8) is 0 Å². The van der Waals surface area contributed by atoms with Crippen molar-refractivity contribution in [2.45, 2.75) is 38.7 Å². The van der Waals surface area contributed by atoms with Crippen molar-refractivity contribution < 1.29 is 9.53 Å². The van der Waals surface area contributed by atoms with Crippen LogP contribution in [0.25, 0.3) is 0 Å². The normalized spacial score (nSPS) is 12.3. The van der Waals surface area contributed by atoms with E-state index in [0.29, 0.717) is 12.2 Å². The van der Waals surface area contributed by atoms with Crippen LogP contribution in [-0.4, -0.2) is 25.2 Å². The number of hydrogen-bond donors (Lipinski definition) is 2. The molecule has 19 heavy (non-hydrogen) atoms. The number of hydrogen-bond acceptors (Lipinski definition) is 3. The van der Waals surface area contributed by atoms with Crippen LogP contribution in [0.15, 0.2) is 24.3 Å². The van der Waals surface area contributed by atoms with Gasteiger partial charge >= 0.3 is 0 Å². The summed E-state index contributed by atoms with van der Waals surface area (Å²) in [7, 11) is 1.64. The molecule has 0 fully saturated rings. The second-order valence-electron chi connectivity index (χ2n) is 5.89. The van der Waals surface area contributed by atoms with Gasteiger partial charge in [0, 0.05) is 19.3 Å². The number of nitrogens with one attached hydrogen (secondary N) is 1. The molecule has 0 saturated heterocycles. The zero-order valence-corrected chi connectivity index (χ0v) is 12.4. The van der Waals surface area contributed by atoms with E-state index in [2.05, 4.69) is 5.32 Å². The third-order valence-electron chi connectivity index (χ3n) is 3.43. The second-order valence-corrected chi connectivity index (χ2v) is 5.89. The Bertz CT molecular complexity index is 436. The molecular formula is C15H24N2O2. The summed E-state index contributed by atoms with van der Waals surface area (Å²) in [6, 6.07) is 7.39. The quantitative estimate of drug-likeness (QED) is 0.800. The van der Waals surface area contributed by atoms with Crippen molar-refractivity contribution >= 4 is 11.6 Å². The lowest BCUT2D eigenvalue weighted by molar-refractivity contribution is -0.126. The average molecular weight is 264 g/mol. The lowest BCUT2D eigenvalue weighted by atomic mass is 9.83. The number of nitrogens with two attached hydrogens (primary N) is 1. The van der Waals surface area contributed by atoms with Crippen LogP contribution in [0.1, 0.15) is 33.3 Å². The van der Waals surface area contributed by atoms with Crippen LogP contribution >= 0.6 is 0 Å². The number of anilines is 1. The molecule has 0 aromatic heterocycles. The minimum absolute atomic E-state index is 0.0256. The second kappa shape index (κ2) is 5.61. The molecule has 1 aromatic rings. The Morgan fingerprint density at radius 2 is 1.74 bits per heavy atom. The Morgan fingerprint density at radius 3 is 2.21 bits per heavy atom. The molecule has 1 rings (SSSR count). The van der Waals surface area contributed by atoms with Gasteiger partial charge in [-0.2, -0.15) is 0 Å². The van der Waals surface area contributed by atoms with Crippen molar-refractivity contribution in [3.8, 4) is 0 Å². The van der Waals surface area contributed by atoms with Gasteiger partial charge in [-0.1, -0.05) is 12.1 Å². The zero-order valence-electron chi connectivity index (χ0n) is 12.4. The van der Waals surface area contributed by atoms with Crippen molar-refractivity contribution in [1.29, 1.82) is 0 Å². The van der Waals surface area contributed by atoms with E-state index in [1.54, 1.807) is 7.11 Å². The van der Waals surface area contributed by atoms with Crippen LogP contribution in [-0.2, 0) is 14.9 Å². The zero-order chi connectivity index (χ0) is 14.7. The van der Waals surface area contributed by atoms with Gasteiger partial charge in [-0.3, -0.25) is 4.79 Å². The van der Waals surface area contributed by atoms with Crippen molar-refractivity contribution in [1.82, 2.24) is 5.32 Å². The highest BCUT2D eigenvalue weighted by Gasteiger charge is 2.30. The molecule has 0 spiro atoms. The number of carbonyl (C=O) groups excluding carboxylic acids is 1. The summed E-state index contributed by atoms with van der Waals surface area (Å²) in [5, 5.41) is 2.93. The molecule has 106 valence electrons. The number of amides is 1. The van der Waals surface area contributed by atoms with E-state index in [1.807, 2.05) is 52.0 Å². The first-order valence-corrected chi connectivity index (χ1v) is 6.38. The van der Waals surface area contributed by atoms with E-state index in [9.17, 15) is 4.79 Å². The molecule has 0 saturated carbocycles. The summed E-state index contributed by atoms with van der Waals surface area (Å²) in [4.78, 5) is 12.3. The van der Waals surface area contributed by atoms with Crippen LogP contribution < -0.4 is 11.1 Å². The molecule has 4 heteroatoms. The first-order valence-electron chi connectivity index (χ1n) is 6.38. The Balaban J connectivity index is 2.77. The van der Waals surface area contributed by atoms with Crippen LogP contribution in [0.3, 0.4) is 0 Å². The van der Waals surface area contributed by atoms with E-state index in [-0.39, 0.29) is 11.5 Å². The van der Waals surface area contributed by atoms with Gasteiger partial charge in [0.15, 0.2) is 0 Å². The number of ether oxygens (including phenoxy) is 1. The van der Waals surface area contributed by atoms with E-state index < -0.39 is 5.41 Å². The Morgan fingerprint density at radius 1 is 1.21 bits per heavy atom. The predicted octanol–water partition coefficient (Wildman–Crippen LogP) is 2.09. The molecule has 0 aliphatic carbocycles. The minimum Gasteiger partial charge on any atom is -0.399 e. The van der Waals surface area contributed by atoms with Gasteiger partial charge in [0.1, 0.15) is 0 Å². The summed E-state index contributed by atoms with van der Waals surface area (Å²) in [6.45, 7) is 8.13. The molecule has 0 heterocycles. The van der Waals surface area contributed by atoms with Crippen LogP contribution in [0, 0.1) is 0 Å². The topological polar surface area (TPSA) is 64.3 Å². The number of benzene rings is 1. The number of nitrogen functional groups attached to an aromatic ring is 1. The lowest BCUT2D eigenvalue weighted by Crippen LogP contribution is -2.46. The molecule has 1 amide bonds.